The zero-order valence-electron chi connectivity index (χ0n) is 18.6. The van der Waals surface area contributed by atoms with Gasteiger partial charge >= 0.3 is 5.97 Å². The summed E-state index contributed by atoms with van der Waals surface area (Å²) >= 11 is 0. The highest BCUT2D eigenvalue weighted by atomic mass is 16.5. The molecule has 0 aliphatic heterocycles. The first-order valence-electron chi connectivity index (χ1n) is 11.0. The summed E-state index contributed by atoms with van der Waals surface area (Å²) in [4.78, 5) is 22.9. The van der Waals surface area contributed by atoms with E-state index < -0.39 is 0 Å². The third-order valence-electron chi connectivity index (χ3n) is 6.83. The van der Waals surface area contributed by atoms with Crippen LogP contribution in [0, 0.1) is 0 Å². The molecule has 31 heavy (non-hydrogen) atoms. The molecule has 0 unspecified atom stereocenters. The van der Waals surface area contributed by atoms with Gasteiger partial charge in [0.25, 0.3) is 0 Å². The van der Waals surface area contributed by atoms with Crippen LogP contribution in [0.5, 0.6) is 0 Å². The average molecular weight is 421 g/mol. The molecule has 6 nitrogen and oxygen atoms in total. The minimum atomic E-state index is -0.365. The number of esters is 1. The molecular weight excluding hydrogens is 388 g/mol. The molecule has 1 aromatic carbocycles. The number of methoxy groups -OCH3 is 1. The number of H-pyrrole nitrogens is 1. The van der Waals surface area contributed by atoms with E-state index in [9.17, 15) is 4.79 Å². The molecule has 3 aromatic rings. The van der Waals surface area contributed by atoms with Crippen LogP contribution in [0.3, 0.4) is 0 Å². The lowest BCUT2D eigenvalue weighted by Crippen LogP contribution is -2.51. The van der Waals surface area contributed by atoms with Crippen LogP contribution in [0.1, 0.15) is 36.9 Å². The zero-order valence-corrected chi connectivity index (χ0v) is 18.6. The summed E-state index contributed by atoms with van der Waals surface area (Å²) in [5, 5.41) is 4.77. The molecule has 0 saturated heterocycles. The predicted molar refractivity (Wildman–Crippen MR) is 123 cm³/mol. The number of hydrogen-bond donors (Lipinski definition) is 2. The van der Waals surface area contributed by atoms with Crippen molar-refractivity contribution in [2.24, 2.45) is 0 Å². The van der Waals surface area contributed by atoms with E-state index in [4.69, 9.17) is 4.74 Å². The van der Waals surface area contributed by atoms with Crippen LogP contribution >= 0.6 is 0 Å². The van der Waals surface area contributed by atoms with Gasteiger partial charge in [-0.2, -0.15) is 0 Å². The first-order valence-corrected chi connectivity index (χ1v) is 11.0. The van der Waals surface area contributed by atoms with Gasteiger partial charge in [-0.05, 0) is 63.5 Å². The number of para-hydroxylation sites is 1. The summed E-state index contributed by atoms with van der Waals surface area (Å²) < 4.78 is 5.13. The van der Waals surface area contributed by atoms with E-state index in [-0.39, 0.29) is 23.6 Å². The number of carbonyl (C=O) groups excluding carboxylic acids is 1. The Kier molecular flexibility index (Phi) is 6.39. The molecule has 0 spiro atoms. The molecule has 1 fully saturated rings. The lowest BCUT2D eigenvalue weighted by atomic mass is 9.76. The summed E-state index contributed by atoms with van der Waals surface area (Å²) in [6.45, 7) is 0. The second-order valence-electron chi connectivity index (χ2n) is 8.72. The largest absolute Gasteiger partial charge is 0.468 e. The fraction of sp³-hybridized carbons (Fsp3) is 0.440. The van der Waals surface area contributed by atoms with E-state index in [1.165, 1.54) is 7.11 Å². The topological polar surface area (TPSA) is 70.2 Å². The fourth-order valence-electron chi connectivity index (χ4n) is 4.99. The van der Waals surface area contributed by atoms with Gasteiger partial charge < -0.3 is 15.0 Å². The Bertz CT molecular complexity index is 1010. The van der Waals surface area contributed by atoms with Crippen molar-refractivity contribution in [1.29, 1.82) is 0 Å². The molecule has 1 aliphatic carbocycles. The van der Waals surface area contributed by atoms with Crippen molar-refractivity contribution < 1.29 is 9.53 Å². The normalized spacial score (nSPS) is 22.5. The quantitative estimate of drug-likeness (QED) is 0.571. The van der Waals surface area contributed by atoms with Crippen LogP contribution in [0.2, 0.25) is 0 Å². The predicted octanol–water partition coefficient (Wildman–Crippen LogP) is 3.64. The Balaban J connectivity index is 1.47. The van der Waals surface area contributed by atoms with Gasteiger partial charge in [0.15, 0.2) is 0 Å². The molecule has 0 bridgehead atoms. The van der Waals surface area contributed by atoms with Crippen molar-refractivity contribution in [2.45, 2.75) is 49.7 Å². The third-order valence-corrected chi connectivity index (χ3v) is 6.83. The van der Waals surface area contributed by atoms with Gasteiger partial charge in [0.05, 0.1) is 18.3 Å². The molecule has 2 aromatic heterocycles. The molecule has 1 aliphatic rings. The SMILES string of the molecule is COC(=O)[C@H](Cc1c[nH]c2ccccc12)NC1CCC(c2ccccn2)(N(C)C)CC1. The van der Waals surface area contributed by atoms with Crippen LogP contribution in [0.4, 0.5) is 0 Å². The number of rotatable bonds is 7. The Labute approximate surface area is 184 Å². The molecule has 0 amide bonds. The zero-order chi connectivity index (χ0) is 21.8. The molecule has 1 atom stereocenters. The number of carbonyl (C=O) groups is 1. The van der Waals surface area contributed by atoms with E-state index in [0.29, 0.717) is 6.42 Å². The number of nitrogens with zero attached hydrogens (tertiary/aromatic N) is 2. The Morgan fingerprint density at radius 3 is 2.65 bits per heavy atom. The molecule has 1 saturated carbocycles. The second-order valence-corrected chi connectivity index (χ2v) is 8.72. The molecule has 6 heteroatoms. The molecule has 164 valence electrons. The molecule has 2 N–H and O–H groups in total. The molecule has 0 radical (unpaired) electrons. The standard InChI is InChI=1S/C25H32N4O2/c1-29(2)25(23-10-6-7-15-26-23)13-11-19(12-14-25)28-22(24(30)31-3)16-18-17-27-21-9-5-4-8-20(18)21/h4-10,15,17,19,22,27-28H,11-14,16H2,1-3H3/t19?,22-,25?/m0/s1. The van der Waals surface area contributed by atoms with Gasteiger partial charge in [0.2, 0.25) is 0 Å². The summed E-state index contributed by atoms with van der Waals surface area (Å²) in [6, 6.07) is 14.2. The van der Waals surface area contributed by atoms with E-state index in [1.54, 1.807) is 0 Å². The highest BCUT2D eigenvalue weighted by Gasteiger charge is 2.40. The van der Waals surface area contributed by atoms with Crippen molar-refractivity contribution in [3.8, 4) is 0 Å². The maximum absolute atomic E-state index is 12.6. The smallest absolute Gasteiger partial charge is 0.323 e. The molecular formula is C25H32N4O2. The van der Waals surface area contributed by atoms with Crippen LogP contribution in [-0.2, 0) is 21.5 Å². The number of pyridine rings is 1. The van der Waals surface area contributed by atoms with Crippen molar-refractivity contribution in [2.75, 3.05) is 21.2 Å². The number of aromatic amines is 1. The number of hydrogen-bond acceptors (Lipinski definition) is 5. The summed E-state index contributed by atoms with van der Waals surface area (Å²) in [5.41, 5.74) is 3.29. The Hall–Kier alpha value is -2.70. The van der Waals surface area contributed by atoms with Crippen LogP contribution in [0.15, 0.2) is 54.9 Å². The maximum atomic E-state index is 12.6. The number of benzene rings is 1. The minimum Gasteiger partial charge on any atom is -0.468 e. The third kappa shape index (κ3) is 4.36. The molecule has 2 heterocycles. The summed E-state index contributed by atoms with van der Waals surface area (Å²) in [5.74, 6) is -0.209. The summed E-state index contributed by atoms with van der Waals surface area (Å²) in [7, 11) is 5.73. The lowest BCUT2D eigenvalue weighted by molar-refractivity contribution is -0.143. The van der Waals surface area contributed by atoms with Gasteiger partial charge in [0, 0.05) is 35.8 Å². The monoisotopic (exact) mass is 420 g/mol. The Morgan fingerprint density at radius 2 is 1.97 bits per heavy atom. The van der Waals surface area contributed by atoms with E-state index in [2.05, 4.69) is 58.5 Å². The molecule has 4 rings (SSSR count). The first kappa shape index (κ1) is 21.5. The van der Waals surface area contributed by atoms with Gasteiger partial charge in [-0.25, -0.2) is 0 Å². The Morgan fingerprint density at radius 1 is 1.23 bits per heavy atom. The van der Waals surface area contributed by atoms with Crippen LogP contribution in [0.25, 0.3) is 10.9 Å². The van der Waals surface area contributed by atoms with E-state index >= 15 is 0 Å². The highest BCUT2D eigenvalue weighted by molar-refractivity contribution is 5.84. The van der Waals surface area contributed by atoms with Gasteiger partial charge in [-0.15, -0.1) is 0 Å². The minimum absolute atomic E-state index is 0.0585. The average Bonchev–Trinajstić information content (AvgIpc) is 3.22. The van der Waals surface area contributed by atoms with Crippen molar-refractivity contribution in [3.05, 3.63) is 66.1 Å². The van der Waals surface area contributed by atoms with Gasteiger partial charge in [-0.1, -0.05) is 24.3 Å². The number of fused-ring (bicyclic) bond motifs is 1. The fourth-order valence-corrected chi connectivity index (χ4v) is 4.99. The number of nitrogens with one attached hydrogen (secondary N) is 2. The van der Waals surface area contributed by atoms with Gasteiger partial charge in [0.1, 0.15) is 6.04 Å². The lowest BCUT2D eigenvalue weighted by Gasteiger charge is -2.45. The highest BCUT2D eigenvalue weighted by Crippen LogP contribution is 2.40. The maximum Gasteiger partial charge on any atom is 0.323 e. The number of aromatic nitrogens is 2. The van der Waals surface area contributed by atoms with Crippen molar-refractivity contribution in [1.82, 2.24) is 20.2 Å². The van der Waals surface area contributed by atoms with E-state index in [1.807, 2.05) is 30.6 Å². The second kappa shape index (κ2) is 9.20. The first-order chi connectivity index (χ1) is 15.0. The van der Waals surface area contributed by atoms with E-state index in [0.717, 1.165) is 47.8 Å². The van der Waals surface area contributed by atoms with Crippen molar-refractivity contribution >= 4 is 16.9 Å². The van der Waals surface area contributed by atoms with Crippen LogP contribution in [-0.4, -0.2) is 54.1 Å². The van der Waals surface area contributed by atoms with Crippen molar-refractivity contribution in [3.63, 3.8) is 0 Å². The van der Waals surface area contributed by atoms with Gasteiger partial charge in [-0.3, -0.25) is 14.7 Å². The van der Waals surface area contributed by atoms with Crippen LogP contribution < -0.4 is 5.32 Å². The summed E-state index contributed by atoms with van der Waals surface area (Å²) in [6.07, 6.45) is 8.44. The number of ether oxygens (including phenoxy) is 1.